The Morgan fingerprint density at radius 2 is 1.80 bits per heavy atom. The van der Waals surface area contributed by atoms with Gasteiger partial charge >= 0.3 is 0 Å². The Hall–Kier alpha value is -2.82. The zero-order valence-electron chi connectivity index (χ0n) is 14.2. The third-order valence-corrected chi connectivity index (χ3v) is 4.06. The lowest BCUT2D eigenvalue weighted by Crippen LogP contribution is -2.16. The van der Waals surface area contributed by atoms with Crippen LogP contribution >= 0.6 is 0 Å². The van der Waals surface area contributed by atoms with E-state index in [0.29, 0.717) is 30.3 Å². The number of carbonyl (C=O) groups is 2. The van der Waals surface area contributed by atoms with Crippen LogP contribution in [0.4, 0.5) is 5.69 Å². The minimum Gasteiger partial charge on any atom is -0.486 e. The maximum atomic E-state index is 12.3. The van der Waals surface area contributed by atoms with Gasteiger partial charge < -0.3 is 14.8 Å². The van der Waals surface area contributed by atoms with Crippen molar-refractivity contribution < 1.29 is 19.1 Å². The van der Waals surface area contributed by atoms with Crippen LogP contribution in [0.3, 0.4) is 0 Å². The summed E-state index contributed by atoms with van der Waals surface area (Å²) in [6, 6.07) is 12.8. The fourth-order valence-corrected chi connectivity index (χ4v) is 2.68. The van der Waals surface area contributed by atoms with E-state index in [9.17, 15) is 9.59 Å². The first-order chi connectivity index (χ1) is 12.2. The molecule has 5 heteroatoms. The Bertz CT molecular complexity index is 785. The summed E-state index contributed by atoms with van der Waals surface area (Å²) in [5.74, 6) is 0.975. The van der Waals surface area contributed by atoms with Crippen LogP contribution in [-0.4, -0.2) is 24.9 Å². The third-order valence-electron chi connectivity index (χ3n) is 4.06. The molecule has 0 bridgehead atoms. The molecule has 0 aliphatic carbocycles. The minimum atomic E-state index is -0.167. The number of anilines is 1. The molecule has 1 N–H and O–H groups in total. The molecule has 0 saturated heterocycles. The average molecular weight is 339 g/mol. The van der Waals surface area contributed by atoms with Gasteiger partial charge in [0, 0.05) is 24.1 Å². The number of hydrogen-bond acceptors (Lipinski definition) is 4. The first kappa shape index (κ1) is 17.0. The van der Waals surface area contributed by atoms with Crippen LogP contribution in [-0.2, 0) is 11.2 Å². The average Bonchev–Trinajstić information content (AvgIpc) is 2.65. The van der Waals surface area contributed by atoms with Gasteiger partial charge in [-0.05, 0) is 42.3 Å². The monoisotopic (exact) mass is 339 g/mol. The number of Topliss-reactive ketones (excluding diaryl/α,β-unsaturated/α-hetero) is 1. The lowest BCUT2D eigenvalue weighted by Gasteiger charge is -2.18. The van der Waals surface area contributed by atoms with E-state index in [1.165, 1.54) is 0 Å². The fraction of sp³-hybridized carbons (Fsp3) is 0.300. The summed E-state index contributed by atoms with van der Waals surface area (Å²) in [5.41, 5.74) is 2.45. The minimum absolute atomic E-state index is 0.0885. The van der Waals surface area contributed by atoms with E-state index in [0.717, 1.165) is 17.7 Å². The molecule has 25 heavy (non-hydrogen) atoms. The van der Waals surface area contributed by atoms with E-state index >= 15 is 0 Å². The van der Waals surface area contributed by atoms with E-state index in [-0.39, 0.29) is 24.5 Å². The molecule has 3 rings (SSSR count). The van der Waals surface area contributed by atoms with E-state index < -0.39 is 0 Å². The number of rotatable bonds is 6. The highest BCUT2D eigenvalue weighted by Gasteiger charge is 2.15. The third kappa shape index (κ3) is 4.38. The molecule has 0 aromatic heterocycles. The van der Waals surface area contributed by atoms with Crippen molar-refractivity contribution in [2.45, 2.75) is 26.2 Å². The molecule has 2 aromatic rings. The zero-order chi connectivity index (χ0) is 17.6. The molecule has 0 spiro atoms. The van der Waals surface area contributed by atoms with Crippen molar-refractivity contribution in [3.05, 3.63) is 53.6 Å². The van der Waals surface area contributed by atoms with Gasteiger partial charge in [0.2, 0.25) is 5.91 Å². The number of benzene rings is 2. The SMILES string of the molecule is CCc1cccc(NC(=O)CCC(=O)c2ccc3c(c2)OCCO3)c1. The van der Waals surface area contributed by atoms with Crippen molar-refractivity contribution in [2.24, 2.45) is 0 Å². The van der Waals surface area contributed by atoms with Gasteiger partial charge in [0.1, 0.15) is 13.2 Å². The number of carbonyl (C=O) groups excluding carboxylic acids is 2. The Morgan fingerprint density at radius 3 is 2.60 bits per heavy atom. The topological polar surface area (TPSA) is 64.6 Å². The number of ketones is 1. The van der Waals surface area contributed by atoms with Crippen LogP contribution in [0.1, 0.15) is 35.7 Å². The predicted octanol–water partition coefficient (Wildman–Crippen LogP) is 3.62. The molecule has 5 nitrogen and oxygen atoms in total. The van der Waals surface area contributed by atoms with E-state index in [1.807, 2.05) is 24.3 Å². The standard InChI is InChI=1S/C20H21NO4/c1-2-14-4-3-5-16(12-14)21-20(23)9-7-17(22)15-6-8-18-19(13-15)25-11-10-24-18/h3-6,8,12-13H,2,7,9-11H2,1H3,(H,21,23). The first-order valence-corrected chi connectivity index (χ1v) is 8.47. The largest absolute Gasteiger partial charge is 0.486 e. The second-order valence-electron chi connectivity index (χ2n) is 5.88. The summed E-state index contributed by atoms with van der Waals surface area (Å²) < 4.78 is 10.9. The van der Waals surface area contributed by atoms with Crippen molar-refractivity contribution in [3.8, 4) is 11.5 Å². The molecule has 0 fully saturated rings. The normalized spacial score (nSPS) is 12.5. The summed E-state index contributed by atoms with van der Waals surface area (Å²) in [7, 11) is 0. The van der Waals surface area contributed by atoms with Gasteiger partial charge in [-0.2, -0.15) is 0 Å². The second kappa shape index (κ2) is 7.83. The second-order valence-corrected chi connectivity index (χ2v) is 5.88. The zero-order valence-corrected chi connectivity index (χ0v) is 14.2. The van der Waals surface area contributed by atoms with Crippen LogP contribution in [0, 0.1) is 0 Å². The van der Waals surface area contributed by atoms with Crippen molar-refractivity contribution in [3.63, 3.8) is 0 Å². The molecular weight excluding hydrogens is 318 g/mol. The summed E-state index contributed by atoms with van der Waals surface area (Å²) in [5, 5.41) is 2.84. The van der Waals surface area contributed by atoms with E-state index in [1.54, 1.807) is 18.2 Å². The van der Waals surface area contributed by atoms with Crippen LogP contribution < -0.4 is 14.8 Å². The van der Waals surface area contributed by atoms with Gasteiger partial charge in [0.25, 0.3) is 0 Å². The summed E-state index contributed by atoms with van der Waals surface area (Å²) in [6.45, 7) is 3.05. The van der Waals surface area contributed by atoms with Crippen LogP contribution in [0.5, 0.6) is 11.5 Å². The lowest BCUT2D eigenvalue weighted by molar-refractivity contribution is -0.116. The number of ether oxygens (including phenoxy) is 2. The molecule has 1 heterocycles. The molecule has 0 atom stereocenters. The number of hydrogen-bond donors (Lipinski definition) is 1. The molecule has 2 aromatic carbocycles. The van der Waals surface area contributed by atoms with Gasteiger partial charge in [0.15, 0.2) is 17.3 Å². The van der Waals surface area contributed by atoms with Crippen molar-refractivity contribution in [2.75, 3.05) is 18.5 Å². The molecular formula is C20H21NO4. The Balaban J connectivity index is 1.55. The maximum absolute atomic E-state index is 12.3. The van der Waals surface area contributed by atoms with Gasteiger partial charge in [-0.1, -0.05) is 19.1 Å². The van der Waals surface area contributed by atoms with E-state index in [2.05, 4.69) is 12.2 Å². The number of fused-ring (bicyclic) bond motifs is 1. The molecule has 130 valence electrons. The molecule has 0 saturated carbocycles. The Morgan fingerprint density at radius 1 is 1.00 bits per heavy atom. The highest BCUT2D eigenvalue weighted by molar-refractivity contribution is 6.00. The number of amides is 1. The van der Waals surface area contributed by atoms with Crippen LogP contribution in [0.2, 0.25) is 0 Å². The summed E-state index contributed by atoms with van der Waals surface area (Å²) in [6.07, 6.45) is 1.20. The van der Waals surface area contributed by atoms with Crippen molar-refractivity contribution in [1.29, 1.82) is 0 Å². The van der Waals surface area contributed by atoms with Crippen LogP contribution in [0.25, 0.3) is 0 Å². The maximum Gasteiger partial charge on any atom is 0.224 e. The number of aryl methyl sites for hydroxylation is 1. The highest BCUT2D eigenvalue weighted by atomic mass is 16.6. The highest BCUT2D eigenvalue weighted by Crippen LogP contribution is 2.31. The molecule has 0 radical (unpaired) electrons. The Labute approximate surface area is 147 Å². The first-order valence-electron chi connectivity index (χ1n) is 8.47. The van der Waals surface area contributed by atoms with Gasteiger partial charge in [0.05, 0.1) is 0 Å². The number of nitrogens with one attached hydrogen (secondary N) is 1. The van der Waals surface area contributed by atoms with Gasteiger partial charge in [-0.15, -0.1) is 0 Å². The molecule has 1 aliphatic heterocycles. The lowest BCUT2D eigenvalue weighted by atomic mass is 10.1. The quantitative estimate of drug-likeness (QED) is 0.817. The van der Waals surface area contributed by atoms with Gasteiger partial charge in [-0.3, -0.25) is 9.59 Å². The smallest absolute Gasteiger partial charge is 0.224 e. The van der Waals surface area contributed by atoms with Crippen molar-refractivity contribution in [1.82, 2.24) is 0 Å². The fourth-order valence-electron chi connectivity index (χ4n) is 2.68. The summed E-state index contributed by atoms with van der Waals surface area (Å²) >= 11 is 0. The summed E-state index contributed by atoms with van der Waals surface area (Å²) in [4.78, 5) is 24.4. The van der Waals surface area contributed by atoms with Crippen LogP contribution in [0.15, 0.2) is 42.5 Å². The van der Waals surface area contributed by atoms with Crippen molar-refractivity contribution >= 4 is 17.4 Å². The van der Waals surface area contributed by atoms with E-state index in [4.69, 9.17) is 9.47 Å². The molecule has 0 unspecified atom stereocenters. The Kier molecular flexibility index (Phi) is 5.33. The molecule has 1 amide bonds. The predicted molar refractivity (Wildman–Crippen MR) is 95.4 cm³/mol. The van der Waals surface area contributed by atoms with Gasteiger partial charge in [-0.25, -0.2) is 0 Å². The molecule has 1 aliphatic rings.